The summed E-state index contributed by atoms with van der Waals surface area (Å²) in [5.41, 5.74) is -0.252. The van der Waals surface area contributed by atoms with Gasteiger partial charge in [0.1, 0.15) is 5.60 Å². The first-order chi connectivity index (χ1) is 8.81. The number of nitrogens with zero attached hydrogens (tertiary/aromatic N) is 2. The fourth-order valence-corrected chi connectivity index (χ4v) is 1.12. The maximum Gasteiger partial charge on any atom is 0.412 e. The number of hydrogen-bond donors (Lipinski definition) is 1. The molecule has 1 heterocycles. The molecule has 0 saturated heterocycles. The average Bonchev–Trinajstić information content (AvgIpc) is 2.27. The monoisotopic (exact) mass is 267 g/mol. The highest BCUT2D eigenvalue weighted by Crippen LogP contribution is 2.10. The maximum absolute atomic E-state index is 11.5. The van der Waals surface area contributed by atoms with Crippen molar-refractivity contribution in [2.24, 2.45) is 0 Å². The summed E-state index contributed by atoms with van der Waals surface area (Å²) in [5, 5.41) is 2.46. The quantitative estimate of drug-likeness (QED) is 0.842. The van der Waals surface area contributed by atoms with Crippen LogP contribution in [0, 0.1) is 0 Å². The third kappa shape index (κ3) is 5.33. The molecule has 1 aromatic heterocycles. The van der Waals surface area contributed by atoms with Gasteiger partial charge in [-0.15, -0.1) is 0 Å². The highest BCUT2D eigenvalue weighted by atomic mass is 16.6. The number of carbonyl (C=O) groups excluding carboxylic acids is 2. The zero-order valence-corrected chi connectivity index (χ0v) is 11.4. The van der Waals surface area contributed by atoms with Gasteiger partial charge in [0, 0.05) is 0 Å². The van der Waals surface area contributed by atoms with Gasteiger partial charge in [0.05, 0.1) is 24.7 Å². The van der Waals surface area contributed by atoms with Gasteiger partial charge in [0.15, 0.2) is 0 Å². The van der Waals surface area contributed by atoms with Gasteiger partial charge in [0.25, 0.3) is 0 Å². The predicted octanol–water partition coefficient (Wildman–Crippen LogP) is 2.00. The predicted molar refractivity (Wildman–Crippen MR) is 67.8 cm³/mol. The Balaban J connectivity index is 2.62. The van der Waals surface area contributed by atoms with Gasteiger partial charge in [-0.25, -0.2) is 19.6 Å². The molecule has 104 valence electrons. The molecule has 19 heavy (non-hydrogen) atoms. The van der Waals surface area contributed by atoms with Crippen LogP contribution in [0.4, 0.5) is 10.5 Å². The van der Waals surface area contributed by atoms with E-state index in [0.717, 1.165) is 0 Å². The van der Waals surface area contributed by atoms with E-state index in [0.29, 0.717) is 5.69 Å². The van der Waals surface area contributed by atoms with Crippen molar-refractivity contribution in [3.8, 4) is 0 Å². The molecule has 0 saturated carbocycles. The number of nitrogens with one attached hydrogen (secondary N) is 1. The number of ether oxygens (including phenoxy) is 2. The largest absolute Gasteiger partial charge is 0.460 e. The van der Waals surface area contributed by atoms with E-state index in [1.165, 1.54) is 12.4 Å². The van der Waals surface area contributed by atoms with Crippen LogP contribution in [0.2, 0.25) is 0 Å². The first-order valence-electron chi connectivity index (χ1n) is 5.81. The Labute approximate surface area is 111 Å². The molecule has 0 aromatic carbocycles. The van der Waals surface area contributed by atoms with Crippen molar-refractivity contribution in [2.45, 2.75) is 33.3 Å². The molecular weight excluding hydrogens is 250 g/mol. The van der Waals surface area contributed by atoms with Crippen molar-refractivity contribution < 1.29 is 19.1 Å². The van der Waals surface area contributed by atoms with Crippen molar-refractivity contribution >= 4 is 17.7 Å². The van der Waals surface area contributed by atoms with Gasteiger partial charge in [-0.3, -0.25) is 5.32 Å². The molecule has 1 N–H and O–H groups in total. The second kappa shape index (κ2) is 6.12. The van der Waals surface area contributed by atoms with Crippen LogP contribution in [0.25, 0.3) is 0 Å². The lowest BCUT2D eigenvalue weighted by Crippen LogP contribution is -2.27. The minimum Gasteiger partial charge on any atom is -0.460 e. The van der Waals surface area contributed by atoms with Crippen LogP contribution in [0.3, 0.4) is 0 Å². The van der Waals surface area contributed by atoms with Gasteiger partial charge in [-0.1, -0.05) is 0 Å². The number of aromatic nitrogens is 2. The highest BCUT2D eigenvalue weighted by molar-refractivity contribution is 5.86. The third-order valence-corrected chi connectivity index (χ3v) is 1.76. The van der Waals surface area contributed by atoms with Crippen LogP contribution in [-0.2, 0) is 9.47 Å². The Kier molecular flexibility index (Phi) is 4.80. The second-order valence-electron chi connectivity index (χ2n) is 4.64. The van der Waals surface area contributed by atoms with E-state index in [-0.39, 0.29) is 12.4 Å². The molecule has 1 aromatic rings. The summed E-state index contributed by atoms with van der Waals surface area (Å²) in [6.07, 6.45) is 2.01. The summed E-state index contributed by atoms with van der Waals surface area (Å²) in [6, 6.07) is 0. The molecule has 0 fully saturated rings. The number of carbonyl (C=O) groups is 2. The summed E-state index contributed by atoms with van der Waals surface area (Å²) in [7, 11) is 0. The number of esters is 1. The molecule has 0 radical (unpaired) electrons. The molecule has 0 unspecified atom stereocenters. The van der Waals surface area contributed by atoms with Gasteiger partial charge in [0.2, 0.25) is 5.82 Å². The molecule has 7 heteroatoms. The van der Waals surface area contributed by atoms with Crippen molar-refractivity contribution in [1.29, 1.82) is 0 Å². The number of rotatable bonds is 3. The van der Waals surface area contributed by atoms with Gasteiger partial charge < -0.3 is 9.47 Å². The number of hydrogen-bond acceptors (Lipinski definition) is 6. The molecule has 0 aliphatic heterocycles. The van der Waals surface area contributed by atoms with Crippen LogP contribution >= 0.6 is 0 Å². The molecule has 0 bridgehead atoms. The lowest BCUT2D eigenvalue weighted by atomic mass is 10.2. The molecule has 0 aliphatic rings. The van der Waals surface area contributed by atoms with Crippen LogP contribution < -0.4 is 5.32 Å². The fourth-order valence-electron chi connectivity index (χ4n) is 1.12. The normalized spacial score (nSPS) is 10.7. The summed E-state index contributed by atoms with van der Waals surface area (Å²) in [4.78, 5) is 30.4. The minimum absolute atomic E-state index is 0.0587. The molecular formula is C12H17N3O4. The standard InChI is InChI=1S/C12H17N3O4/c1-5-18-10(16)9-13-6-8(7-14-9)15-11(17)19-12(2,3)4/h6-7H,5H2,1-4H3,(H,15,17). The van der Waals surface area contributed by atoms with E-state index < -0.39 is 17.7 Å². The van der Waals surface area contributed by atoms with Crippen molar-refractivity contribution in [3.05, 3.63) is 18.2 Å². The van der Waals surface area contributed by atoms with E-state index in [1.807, 2.05) is 0 Å². The Morgan fingerprint density at radius 1 is 1.26 bits per heavy atom. The third-order valence-electron chi connectivity index (χ3n) is 1.76. The van der Waals surface area contributed by atoms with Gasteiger partial charge in [-0.2, -0.15) is 0 Å². The van der Waals surface area contributed by atoms with Crippen LogP contribution in [0.5, 0.6) is 0 Å². The highest BCUT2D eigenvalue weighted by Gasteiger charge is 2.16. The van der Waals surface area contributed by atoms with E-state index >= 15 is 0 Å². The number of anilines is 1. The van der Waals surface area contributed by atoms with E-state index in [2.05, 4.69) is 15.3 Å². The van der Waals surface area contributed by atoms with E-state index in [9.17, 15) is 9.59 Å². The molecule has 0 atom stereocenters. The molecule has 1 amide bonds. The van der Waals surface area contributed by atoms with Crippen molar-refractivity contribution in [2.75, 3.05) is 11.9 Å². The van der Waals surface area contributed by atoms with E-state index in [1.54, 1.807) is 27.7 Å². The SMILES string of the molecule is CCOC(=O)c1ncc(NC(=O)OC(C)(C)C)cn1. The zero-order valence-electron chi connectivity index (χ0n) is 11.4. The molecule has 1 rings (SSSR count). The average molecular weight is 267 g/mol. The lowest BCUT2D eigenvalue weighted by Gasteiger charge is -2.19. The topological polar surface area (TPSA) is 90.4 Å². The minimum atomic E-state index is -0.611. The fraction of sp³-hybridized carbons (Fsp3) is 0.500. The Hall–Kier alpha value is -2.18. The maximum atomic E-state index is 11.5. The van der Waals surface area contributed by atoms with Crippen LogP contribution in [0.15, 0.2) is 12.4 Å². The Bertz CT molecular complexity index is 451. The first kappa shape index (κ1) is 14.9. The Morgan fingerprint density at radius 2 is 1.84 bits per heavy atom. The smallest absolute Gasteiger partial charge is 0.412 e. The first-order valence-corrected chi connectivity index (χ1v) is 5.81. The summed E-state index contributed by atoms with van der Waals surface area (Å²) in [6.45, 7) is 7.21. The molecule has 0 aliphatic carbocycles. The lowest BCUT2D eigenvalue weighted by molar-refractivity contribution is 0.0511. The second-order valence-corrected chi connectivity index (χ2v) is 4.64. The van der Waals surface area contributed by atoms with Crippen molar-refractivity contribution in [3.63, 3.8) is 0 Å². The van der Waals surface area contributed by atoms with Crippen LogP contribution in [0.1, 0.15) is 38.3 Å². The van der Waals surface area contributed by atoms with Crippen molar-refractivity contribution in [1.82, 2.24) is 9.97 Å². The van der Waals surface area contributed by atoms with E-state index in [4.69, 9.17) is 9.47 Å². The van der Waals surface area contributed by atoms with Crippen LogP contribution in [-0.4, -0.2) is 34.2 Å². The summed E-state index contributed by atoms with van der Waals surface area (Å²) in [5.74, 6) is -0.664. The van der Waals surface area contributed by atoms with Gasteiger partial charge in [-0.05, 0) is 27.7 Å². The zero-order chi connectivity index (χ0) is 14.5. The number of amides is 1. The van der Waals surface area contributed by atoms with Gasteiger partial charge >= 0.3 is 12.1 Å². The Morgan fingerprint density at radius 3 is 2.32 bits per heavy atom. The summed E-state index contributed by atoms with van der Waals surface area (Å²) < 4.78 is 9.80. The summed E-state index contributed by atoms with van der Waals surface area (Å²) >= 11 is 0. The molecule has 0 spiro atoms. The molecule has 7 nitrogen and oxygen atoms in total.